The number of hydrogen-bond acceptors (Lipinski definition) is 5. The zero-order valence-electron chi connectivity index (χ0n) is 16.8. The van der Waals surface area contributed by atoms with Crippen molar-refractivity contribution in [3.8, 4) is 0 Å². The highest BCUT2D eigenvalue weighted by atomic mass is 35.5. The van der Waals surface area contributed by atoms with Crippen molar-refractivity contribution in [1.29, 1.82) is 0 Å². The maximum Gasteiger partial charge on any atom is 0.237 e. The molecule has 9 heteroatoms. The van der Waals surface area contributed by atoms with Crippen LogP contribution in [0.5, 0.6) is 0 Å². The molecular formula is C21H26ClN3O4S. The summed E-state index contributed by atoms with van der Waals surface area (Å²) in [6.45, 7) is 1.49. The smallest absolute Gasteiger partial charge is 0.237 e. The number of benzene rings is 1. The molecule has 0 saturated carbocycles. The number of nitrogens with zero attached hydrogens (tertiary/aromatic N) is 3. The molecule has 0 bridgehead atoms. The van der Waals surface area contributed by atoms with Crippen molar-refractivity contribution in [3.05, 3.63) is 52.7 Å². The molecular weight excluding hydrogens is 426 g/mol. The molecule has 1 aromatic carbocycles. The molecule has 2 aliphatic heterocycles. The minimum atomic E-state index is -3.31. The first kappa shape index (κ1) is 21.3. The molecule has 0 spiro atoms. The summed E-state index contributed by atoms with van der Waals surface area (Å²) in [6.07, 6.45) is 5.48. The zero-order valence-corrected chi connectivity index (χ0v) is 18.4. The lowest BCUT2D eigenvalue weighted by molar-refractivity contribution is -0.132. The molecule has 4 rings (SSSR count). The van der Waals surface area contributed by atoms with Crippen molar-refractivity contribution < 1.29 is 17.6 Å². The number of piperidine rings is 1. The number of carbonyl (C=O) groups is 1. The first-order chi connectivity index (χ1) is 14.4. The van der Waals surface area contributed by atoms with Gasteiger partial charge in [0.25, 0.3) is 0 Å². The highest BCUT2D eigenvalue weighted by Gasteiger charge is 2.32. The lowest BCUT2D eigenvalue weighted by Gasteiger charge is -2.33. The fourth-order valence-electron chi connectivity index (χ4n) is 4.10. The Kier molecular flexibility index (Phi) is 6.46. The Hall–Kier alpha value is -1.90. The summed E-state index contributed by atoms with van der Waals surface area (Å²) >= 11 is 6.23. The molecule has 2 aromatic rings. The third-order valence-electron chi connectivity index (χ3n) is 5.78. The number of halogens is 1. The number of likely N-dealkylation sites (tertiary alicyclic amines) is 1. The number of amides is 1. The van der Waals surface area contributed by atoms with Crippen LogP contribution in [0, 0.1) is 0 Å². The van der Waals surface area contributed by atoms with Gasteiger partial charge in [-0.15, -0.1) is 0 Å². The normalized spacial score (nSPS) is 22.2. The average Bonchev–Trinajstić information content (AvgIpc) is 3.20. The van der Waals surface area contributed by atoms with E-state index in [0.717, 1.165) is 30.6 Å². The van der Waals surface area contributed by atoms with Gasteiger partial charge in [-0.3, -0.25) is 4.79 Å². The Balaban J connectivity index is 1.39. The maximum atomic E-state index is 12.8. The summed E-state index contributed by atoms with van der Waals surface area (Å²) in [5.41, 5.74) is 0.977. The number of oxazole rings is 1. The second kappa shape index (κ2) is 9.08. The van der Waals surface area contributed by atoms with E-state index < -0.39 is 10.0 Å². The molecule has 2 saturated heterocycles. The summed E-state index contributed by atoms with van der Waals surface area (Å²) in [6, 6.07) is 7.63. The Morgan fingerprint density at radius 1 is 1.20 bits per heavy atom. The zero-order chi connectivity index (χ0) is 21.1. The van der Waals surface area contributed by atoms with Crippen LogP contribution in [-0.4, -0.2) is 60.4 Å². The van der Waals surface area contributed by atoms with E-state index in [1.54, 1.807) is 11.1 Å². The van der Waals surface area contributed by atoms with Gasteiger partial charge in [0.15, 0.2) is 5.89 Å². The van der Waals surface area contributed by atoms with Crippen LogP contribution in [0.3, 0.4) is 0 Å². The Bertz CT molecular complexity index is 1010. The molecule has 0 N–H and O–H groups in total. The highest BCUT2D eigenvalue weighted by molar-refractivity contribution is 7.89. The molecule has 0 radical (unpaired) electrons. The van der Waals surface area contributed by atoms with E-state index in [2.05, 4.69) is 4.98 Å². The van der Waals surface area contributed by atoms with E-state index in [0.29, 0.717) is 43.4 Å². The van der Waals surface area contributed by atoms with Gasteiger partial charge in [0.2, 0.25) is 15.9 Å². The summed E-state index contributed by atoms with van der Waals surface area (Å²) in [5, 5.41) is 0.692. The SMILES string of the molecule is O=C(CN1CCCCS1(=O)=O)N1CCCC(c2ncc(Cc3ccccc3Cl)o2)C1. The van der Waals surface area contributed by atoms with Gasteiger partial charge in [-0.1, -0.05) is 29.8 Å². The predicted molar refractivity (Wildman–Crippen MR) is 114 cm³/mol. The van der Waals surface area contributed by atoms with E-state index in [4.69, 9.17) is 16.0 Å². The monoisotopic (exact) mass is 451 g/mol. The summed E-state index contributed by atoms with van der Waals surface area (Å²) in [5.74, 6) is 1.36. The molecule has 30 heavy (non-hydrogen) atoms. The van der Waals surface area contributed by atoms with Crippen LogP contribution in [0.1, 0.15) is 48.8 Å². The van der Waals surface area contributed by atoms with Crippen LogP contribution in [0.15, 0.2) is 34.9 Å². The first-order valence-electron chi connectivity index (χ1n) is 10.4. The minimum absolute atomic E-state index is 0.0145. The van der Waals surface area contributed by atoms with Gasteiger partial charge in [-0.25, -0.2) is 13.4 Å². The Morgan fingerprint density at radius 3 is 2.83 bits per heavy atom. The fraction of sp³-hybridized carbons (Fsp3) is 0.524. The third kappa shape index (κ3) is 4.87. The van der Waals surface area contributed by atoms with Crippen LogP contribution < -0.4 is 0 Å². The largest absolute Gasteiger partial charge is 0.445 e. The number of aromatic nitrogens is 1. The van der Waals surface area contributed by atoms with Gasteiger partial charge >= 0.3 is 0 Å². The van der Waals surface area contributed by atoms with Gasteiger partial charge in [0, 0.05) is 31.1 Å². The average molecular weight is 452 g/mol. The molecule has 1 amide bonds. The molecule has 7 nitrogen and oxygen atoms in total. The molecule has 162 valence electrons. The summed E-state index contributed by atoms with van der Waals surface area (Å²) in [4.78, 5) is 19.0. The lowest BCUT2D eigenvalue weighted by atomic mass is 9.98. The molecule has 1 atom stereocenters. The van der Waals surface area contributed by atoms with E-state index >= 15 is 0 Å². The van der Waals surface area contributed by atoms with Crippen LogP contribution in [0.4, 0.5) is 0 Å². The topological polar surface area (TPSA) is 83.7 Å². The van der Waals surface area contributed by atoms with Gasteiger partial charge in [0.05, 0.1) is 24.4 Å². The van der Waals surface area contributed by atoms with Crippen LogP contribution in [-0.2, 0) is 21.2 Å². The summed E-state index contributed by atoms with van der Waals surface area (Å²) in [7, 11) is -3.31. The van der Waals surface area contributed by atoms with Crippen LogP contribution in [0.25, 0.3) is 0 Å². The van der Waals surface area contributed by atoms with E-state index in [-0.39, 0.29) is 24.1 Å². The van der Waals surface area contributed by atoms with E-state index in [1.165, 1.54) is 4.31 Å². The van der Waals surface area contributed by atoms with Crippen molar-refractivity contribution in [2.24, 2.45) is 0 Å². The van der Waals surface area contributed by atoms with Crippen LogP contribution in [0.2, 0.25) is 5.02 Å². The quantitative estimate of drug-likeness (QED) is 0.697. The highest BCUT2D eigenvalue weighted by Crippen LogP contribution is 2.28. The van der Waals surface area contributed by atoms with Gasteiger partial charge in [-0.2, -0.15) is 4.31 Å². The van der Waals surface area contributed by atoms with Crippen molar-refractivity contribution in [2.75, 3.05) is 31.9 Å². The predicted octanol–water partition coefficient (Wildman–Crippen LogP) is 3.05. The maximum absolute atomic E-state index is 12.8. The number of carbonyl (C=O) groups excluding carboxylic acids is 1. The molecule has 3 heterocycles. The molecule has 2 fully saturated rings. The van der Waals surface area contributed by atoms with Crippen molar-refractivity contribution in [3.63, 3.8) is 0 Å². The van der Waals surface area contributed by atoms with E-state index in [1.807, 2.05) is 24.3 Å². The Labute approximate surface area is 182 Å². The second-order valence-corrected chi connectivity index (χ2v) is 10.5. The molecule has 2 aliphatic rings. The molecule has 0 aliphatic carbocycles. The molecule has 1 unspecified atom stereocenters. The minimum Gasteiger partial charge on any atom is -0.445 e. The number of rotatable bonds is 5. The third-order valence-corrected chi connectivity index (χ3v) is 8.05. The van der Waals surface area contributed by atoms with Crippen LogP contribution >= 0.6 is 11.6 Å². The lowest BCUT2D eigenvalue weighted by Crippen LogP contribution is -2.48. The van der Waals surface area contributed by atoms with Gasteiger partial charge in [-0.05, 0) is 37.3 Å². The number of hydrogen-bond donors (Lipinski definition) is 0. The van der Waals surface area contributed by atoms with Gasteiger partial charge < -0.3 is 9.32 Å². The van der Waals surface area contributed by atoms with Crippen molar-refractivity contribution in [1.82, 2.24) is 14.2 Å². The molecule has 1 aromatic heterocycles. The second-order valence-electron chi connectivity index (χ2n) is 7.97. The van der Waals surface area contributed by atoms with Gasteiger partial charge in [0.1, 0.15) is 5.76 Å². The standard InChI is InChI=1S/C21H26ClN3O4S/c22-19-8-2-1-6-16(19)12-18-13-23-21(29-18)17-7-5-9-24(14-17)20(26)15-25-10-3-4-11-30(25,27)28/h1-2,6,8,13,17H,3-5,7,9-12,14-15H2. The van der Waals surface area contributed by atoms with Crippen molar-refractivity contribution in [2.45, 2.75) is 38.0 Å². The first-order valence-corrected chi connectivity index (χ1v) is 12.3. The fourth-order valence-corrected chi connectivity index (χ4v) is 5.84. The number of sulfonamides is 1. The Morgan fingerprint density at radius 2 is 2.03 bits per heavy atom. The van der Waals surface area contributed by atoms with Crippen molar-refractivity contribution >= 4 is 27.5 Å². The summed E-state index contributed by atoms with van der Waals surface area (Å²) < 4.78 is 31.7. The van der Waals surface area contributed by atoms with E-state index in [9.17, 15) is 13.2 Å².